The zero-order valence-corrected chi connectivity index (χ0v) is 34.7. The van der Waals surface area contributed by atoms with Gasteiger partial charge in [0, 0.05) is 0 Å². The molecule has 1 aromatic carbocycles. The Balaban J connectivity index is 2.60. The maximum absolute atomic E-state index is 12.1. The van der Waals surface area contributed by atoms with E-state index in [0.29, 0.717) is 37.1 Å². The largest absolute Gasteiger partial charge is 0.490 e. The normalized spacial score (nSPS) is 11.6. The van der Waals surface area contributed by atoms with Gasteiger partial charge in [-0.15, -0.1) is 0 Å². The summed E-state index contributed by atoms with van der Waals surface area (Å²) < 4.78 is 18.9. The number of carboxylic acids is 1. The van der Waals surface area contributed by atoms with Crippen molar-refractivity contribution in [3.63, 3.8) is 0 Å². The molecule has 0 aliphatic carbocycles. The summed E-state index contributed by atoms with van der Waals surface area (Å²) in [7, 11) is 0. The molecule has 0 aromatic heterocycles. The van der Waals surface area contributed by atoms with Crippen LogP contribution in [0, 0.1) is 17.8 Å². The molecule has 5 nitrogen and oxygen atoms in total. The van der Waals surface area contributed by atoms with Crippen LogP contribution < -0.4 is 14.2 Å². The Hall–Kier alpha value is -1.91. The molecule has 0 fully saturated rings. The number of unbranched alkanes of at least 4 members (excludes halogenated alkanes) is 21. The lowest BCUT2D eigenvalue weighted by Gasteiger charge is -2.18. The smallest absolute Gasteiger partial charge is 0.335 e. The first-order valence-electron chi connectivity index (χ1n) is 22.0. The summed E-state index contributed by atoms with van der Waals surface area (Å²) in [6.45, 7) is 15.5. The van der Waals surface area contributed by atoms with Gasteiger partial charge in [0.2, 0.25) is 5.75 Å². The fourth-order valence-electron chi connectivity index (χ4n) is 6.74. The number of hydrogen-bond acceptors (Lipinski definition) is 4. The fourth-order valence-corrected chi connectivity index (χ4v) is 6.74. The maximum atomic E-state index is 12.1. The minimum atomic E-state index is -0.970. The van der Waals surface area contributed by atoms with Crippen LogP contribution in [0.3, 0.4) is 0 Å². The fraction of sp³-hybridized carbons (Fsp3) is 0.848. The monoisotopic (exact) mass is 717 g/mol. The molecule has 298 valence electrons. The van der Waals surface area contributed by atoms with Crippen LogP contribution in [-0.4, -0.2) is 30.9 Å². The van der Waals surface area contributed by atoms with Gasteiger partial charge < -0.3 is 19.3 Å². The standard InChI is InChI=1S/C46H84O5/c1-39(2)31-25-19-13-7-10-16-22-28-34-49-43-37-42(46(47)48)38-44(50-35-29-23-17-11-8-14-20-26-32-40(3)4)45(43)51-36-30-24-18-12-9-15-21-27-33-41(5)6/h37-41H,7-36H2,1-6H3,(H,47,48). The average Bonchev–Trinajstić information content (AvgIpc) is 3.08. The van der Waals surface area contributed by atoms with Crippen molar-refractivity contribution in [3.8, 4) is 17.2 Å². The van der Waals surface area contributed by atoms with Gasteiger partial charge in [-0.3, -0.25) is 0 Å². The van der Waals surface area contributed by atoms with Crippen molar-refractivity contribution >= 4 is 5.97 Å². The molecule has 0 aliphatic heterocycles. The number of ether oxygens (including phenoxy) is 3. The number of benzene rings is 1. The highest BCUT2D eigenvalue weighted by Gasteiger charge is 2.19. The maximum Gasteiger partial charge on any atom is 0.335 e. The minimum Gasteiger partial charge on any atom is -0.490 e. The summed E-state index contributed by atoms with van der Waals surface area (Å²) in [6.07, 6.45) is 33.9. The van der Waals surface area contributed by atoms with Crippen molar-refractivity contribution in [1.29, 1.82) is 0 Å². The molecule has 0 bridgehead atoms. The van der Waals surface area contributed by atoms with Gasteiger partial charge in [0.15, 0.2) is 11.5 Å². The third kappa shape index (κ3) is 28.3. The van der Waals surface area contributed by atoms with Gasteiger partial charge in [-0.2, -0.15) is 0 Å². The molecule has 0 atom stereocenters. The lowest BCUT2D eigenvalue weighted by atomic mass is 10.0. The zero-order chi connectivity index (χ0) is 37.4. The Bertz CT molecular complexity index is 889. The second-order valence-corrected chi connectivity index (χ2v) is 16.7. The summed E-state index contributed by atoms with van der Waals surface area (Å²) in [5.74, 6) is 3.06. The van der Waals surface area contributed by atoms with Crippen molar-refractivity contribution in [2.24, 2.45) is 17.8 Å². The first kappa shape index (κ1) is 47.1. The first-order valence-corrected chi connectivity index (χ1v) is 22.0. The van der Waals surface area contributed by atoms with Crippen molar-refractivity contribution in [1.82, 2.24) is 0 Å². The van der Waals surface area contributed by atoms with Crippen LogP contribution in [0.1, 0.15) is 225 Å². The van der Waals surface area contributed by atoms with E-state index in [4.69, 9.17) is 14.2 Å². The summed E-state index contributed by atoms with van der Waals surface area (Å²) in [4.78, 5) is 12.1. The van der Waals surface area contributed by atoms with E-state index in [2.05, 4.69) is 41.5 Å². The van der Waals surface area contributed by atoms with Crippen LogP contribution in [0.25, 0.3) is 0 Å². The Labute approximate surface area is 316 Å². The van der Waals surface area contributed by atoms with Gasteiger partial charge in [0.1, 0.15) is 0 Å². The molecule has 5 heteroatoms. The highest BCUT2D eigenvalue weighted by Crippen LogP contribution is 2.40. The van der Waals surface area contributed by atoms with Crippen LogP contribution in [0.2, 0.25) is 0 Å². The van der Waals surface area contributed by atoms with Gasteiger partial charge in [-0.25, -0.2) is 4.79 Å². The van der Waals surface area contributed by atoms with Crippen molar-refractivity contribution < 1.29 is 24.1 Å². The van der Waals surface area contributed by atoms with Crippen molar-refractivity contribution in [2.45, 2.75) is 215 Å². The van der Waals surface area contributed by atoms with Crippen LogP contribution in [0.15, 0.2) is 12.1 Å². The molecular weight excluding hydrogens is 633 g/mol. The molecule has 0 amide bonds. The van der Waals surface area contributed by atoms with E-state index in [1.54, 1.807) is 12.1 Å². The van der Waals surface area contributed by atoms with Gasteiger partial charge in [-0.05, 0) is 49.1 Å². The third-order valence-corrected chi connectivity index (χ3v) is 10.1. The number of aromatic carboxylic acids is 1. The minimum absolute atomic E-state index is 0.190. The van der Waals surface area contributed by atoms with E-state index in [0.717, 1.165) is 56.3 Å². The topological polar surface area (TPSA) is 65.0 Å². The zero-order valence-electron chi connectivity index (χ0n) is 34.7. The third-order valence-electron chi connectivity index (χ3n) is 10.1. The van der Waals surface area contributed by atoms with Crippen LogP contribution >= 0.6 is 0 Å². The second kappa shape index (κ2) is 32.7. The molecule has 1 rings (SSSR count). The molecule has 0 spiro atoms. The second-order valence-electron chi connectivity index (χ2n) is 16.7. The van der Waals surface area contributed by atoms with E-state index >= 15 is 0 Å². The quantitative estimate of drug-likeness (QED) is 0.0695. The molecule has 1 aromatic rings. The number of carboxylic acid groups (broad SMARTS) is 1. The van der Waals surface area contributed by atoms with Crippen LogP contribution in [0.5, 0.6) is 17.2 Å². The molecule has 0 saturated heterocycles. The van der Waals surface area contributed by atoms with E-state index in [-0.39, 0.29) is 5.56 Å². The SMILES string of the molecule is CC(C)CCCCCCCCCCOc1cc(C(=O)O)cc(OCCCCCCCCCCC(C)C)c1OCCCCCCCCCCC(C)C. The molecule has 0 unspecified atom stereocenters. The Morgan fingerprint density at radius 3 is 0.961 bits per heavy atom. The highest BCUT2D eigenvalue weighted by molar-refractivity contribution is 5.89. The van der Waals surface area contributed by atoms with Gasteiger partial charge in [0.05, 0.1) is 25.4 Å². The average molecular weight is 717 g/mol. The molecule has 0 heterocycles. The molecule has 51 heavy (non-hydrogen) atoms. The van der Waals surface area contributed by atoms with Gasteiger partial charge in [-0.1, -0.05) is 196 Å². The van der Waals surface area contributed by atoms with Gasteiger partial charge in [0.25, 0.3) is 0 Å². The van der Waals surface area contributed by atoms with Crippen LogP contribution in [-0.2, 0) is 0 Å². The van der Waals surface area contributed by atoms with Gasteiger partial charge >= 0.3 is 5.97 Å². The number of hydrogen-bond donors (Lipinski definition) is 1. The number of rotatable bonds is 37. The van der Waals surface area contributed by atoms with E-state index in [9.17, 15) is 9.90 Å². The number of carbonyl (C=O) groups is 1. The Morgan fingerprint density at radius 2 is 0.686 bits per heavy atom. The molecular formula is C46H84O5. The summed E-state index contributed by atoms with van der Waals surface area (Å²) in [6, 6.07) is 3.25. The summed E-state index contributed by atoms with van der Waals surface area (Å²) in [5, 5.41) is 9.91. The lowest BCUT2D eigenvalue weighted by molar-refractivity contribution is 0.0695. The molecule has 0 saturated carbocycles. The van der Waals surface area contributed by atoms with Crippen molar-refractivity contribution in [2.75, 3.05) is 19.8 Å². The predicted octanol–water partition coefficient (Wildman–Crippen LogP) is 15.0. The van der Waals surface area contributed by atoms with E-state index in [1.165, 1.54) is 135 Å². The molecule has 0 radical (unpaired) electrons. The molecule has 0 aliphatic rings. The predicted molar refractivity (Wildman–Crippen MR) is 219 cm³/mol. The lowest BCUT2D eigenvalue weighted by Crippen LogP contribution is -2.08. The highest BCUT2D eigenvalue weighted by atomic mass is 16.5. The van der Waals surface area contributed by atoms with Crippen LogP contribution in [0.4, 0.5) is 0 Å². The van der Waals surface area contributed by atoms with E-state index < -0.39 is 5.97 Å². The first-order chi connectivity index (χ1) is 24.7. The summed E-state index contributed by atoms with van der Waals surface area (Å²) in [5.41, 5.74) is 0.190. The summed E-state index contributed by atoms with van der Waals surface area (Å²) >= 11 is 0. The Morgan fingerprint density at radius 1 is 0.431 bits per heavy atom. The Kier molecular flexibility index (Phi) is 30.2. The van der Waals surface area contributed by atoms with E-state index in [1.807, 2.05) is 0 Å². The van der Waals surface area contributed by atoms with Crippen molar-refractivity contribution in [3.05, 3.63) is 17.7 Å². The molecule has 1 N–H and O–H groups in total.